The Hall–Kier alpha value is -1.41. The third kappa shape index (κ3) is 4.11. The van der Waals surface area contributed by atoms with Gasteiger partial charge in [-0.1, -0.05) is 41.6 Å². The Morgan fingerprint density at radius 2 is 1.87 bits per heavy atom. The van der Waals surface area contributed by atoms with E-state index in [1.165, 1.54) is 0 Å². The van der Waals surface area contributed by atoms with Crippen molar-refractivity contribution in [3.63, 3.8) is 0 Å². The summed E-state index contributed by atoms with van der Waals surface area (Å²) in [7, 11) is -3.44. The van der Waals surface area contributed by atoms with Crippen LogP contribution < -0.4 is 4.72 Å². The fourth-order valence-electron chi connectivity index (χ4n) is 2.03. The lowest BCUT2D eigenvalue weighted by atomic mass is 10.2. The fraction of sp³-hybridized carbons (Fsp3) is 0.188. The molecule has 3 aromatic rings. The Morgan fingerprint density at radius 3 is 2.61 bits per heavy atom. The zero-order chi connectivity index (χ0) is 16.3. The first-order valence-electron chi connectivity index (χ1n) is 7.09. The molecule has 0 unspecified atom stereocenters. The van der Waals surface area contributed by atoms with Crippen molar-refractivity contribution in [3.05, 3.63) is 54.1 Å². The lowest BCUT2D eigenvalue weighted by molar-refractivity contribution is 0.584. The van der Waals surface area contributed by atoms with E-state index >= 15 is 0 Å². The average Bonchev–Trinajstić information content (AvgIpc) is 2.95. The first-order valence-corrected chi connectivity index (χ1v) is 10.4. The monoisotopic (exact) mass is 364 g/mol. The molecule has 4 nitrogen and oxygen atoms in total. The Balaban J connectivity index is 1.55. The van der Waals surface area contributed by atoms with Gasteiger partial charge in [-0.2, -0.15) is 0 Å². The SMILES string of the molecule is Cc1ccc(S(=O)(=O)NCCSc2nc3ccccc3s2)cc1. The van der Waals surface area contributed by atoms with E-state index in [0.717, 1.165) is 20.1 Å². The fourth-order valence-corrected chi connectivity index (χ4v) is 5.18. The lowest BCUT2D eigenvalue weighted by Crippen LogP contribution is -2.26. The minimum absolute atomic E-state index is 0.299. The highest BCUT2D eigenvalue weighted by molar-refractivity contribution is 8.01. The van der Waals surface area contributed by atoms with Gasteiger partial charge in [0.15, 0.2) is 4.34 Å². The van der Waals surface area contributed by atoms with E-state index in [-0.39, 0.29) is 0 Å². The molecular weight excluding hydrogens is 348 g/mol. The second kappa shape index (κ2) is 7.00. The van der Waals surface area contributed by atoms with Gasteiger partial charge in [0.05, 0.1) is 15.1 Å². The van der Waals surface area contributed by atoms with Crippen LogP contribution in [0, 0.1) is 6.92 Å². The highest BCUT2D eigenvalue weighted by Gasteiger charge is 2.13. The summed E-state index contributed by atoms with van der Waals surface area (Å²) >= 11 is 3.19. The van der Waals surface area contributed by atoms with E-state index in [0.29, 0.717) is 17.2 Å². The standard InChI is InChI=1S/C16H16N2O2S3/c1-12-6-8-13(9-7-12)23(19,20)17-10-11-21-16-18-14-4-2-3-5-15(14)22-16/h2-9,17H,10-11H2,1H3. The summed E-state index contributed by atoms with van der Waals surface area (Å²) < 4.78 is 29.1. The molecule has 0 saturated carbocycles. The molecule has 3 rings (SSSR count). The molecule has 1 heterocycles. The maximum absolute atomic E-state index is 12.2. The van der Waals surface area contributed by atoms with Gasteiger partial charge in [0.25, 0.3) is 0 Å². The number of nitrogens with one attached hydrogen (secondary N) is 1. The van der Waals surface area contributed by atoms with E-state index < -0.39 is 10.0 Å². The number of rotatable bonds is 6. The number of para-hydroxylation sites is 1. The molecular formula is C16H16N2O2S3. The number of benzene rings is 2. The van der Waals surface area contributed by atoms with Gasteiger partial charge in [-0.05, 0) is 31.2 Å². The van der Waals surface area contributed by atoms with Crippen molar-refractivity contribution in [2.75, 3.05) is 12.3 Å². The number of aromatic nitrogens is 1. The third-order valence-electron chi connectivity index (χ3n) is 3.23. The normalized spacial score (nSPS) is 11.9. The molecule has 23 heavy (non-hydrogen) atoms. The molecule has 1 aromatic heterocycles. The van der Waals surface area contributed by atoms with Gasteiger partial charge < -0.3 is 0 Å². The summed E-state index contributed by atoms with van der Waals surface area (Å²) in [5.74, 6) is 0.644. The molecule has 0 aliphatic rings. The number of thioether (sulfide) groups is 1. The average molecular weight is 365 g/mol. The molecule has 1 N–H and O–H groups in total. The Kier molecular flexibility index (Phi) is 5.01. The zero-order valence-electron chi connectivity index (χ0n) is 12.5. The van der Waals surface area contributed by atoms with Crippen LogP contribution in [0.1, 0.15) is 5.56 Å². The van der Waals surface area contributed by atoms with Crippen LogP contribution in [-0.4, -0.2) is 25.7 Å². The Labute approximate surface area is 144 Å². The number of hydrogen-bond acceptors (Lipinski definition) is 5. The summed E-state index contributed by atoms with van der Waals surface area (Å²) in [5.41, 5.74) is 2.02. The zero-order valence-corrected chi connectivity index (χ0v) is 15.0. The smallest absolute Gasteiger partial charge is 0.230 e. The first-order chi connectivity index (χ1) is 11.0. The van der Waals surface area contributed by atoms with Crippen LogP contribution in [0.5, 0.6) is 0 Å². The molecule has 0 saturated heterocycles. The van der Waals surface area contributed by atoms with Gasteiger partial charge >= 0.3 is 0 Å². The molecule has 0 atom stereocenters. The lowest BCUT2D eigenvalue weighted by Gasteiger charge is -2.06. The first kappa shape index (κ1) is 16.4. The second-order valence-electron chi connectivity index (χ2n) is 5.01. The topological polar surface area (TPSA) is 59.1 Å². The van der Waals surface area contributed by atoms with E-state index in [4.69, 9.17) is 0 Å². The van der Waals surface area contributed by atoms with Crippen molar-refractivity contribution in [2.24, 2.45) is 0 Å². The van der Waals surface area contributed by atoms with Crippen LogP contribution in [-0.2, 0) is 10.0 Å². The maximum atomic E-state index is 12.2. The maximum Gasteiger partial charge on any atom is 0.240 e. The quantitative estimate of drug-likeness (QED) is 0.535. The second-order valence-corrected chi connectivity index (χ2v) is 9.15. The number of fused-ring (bicyclic) bond motifs is 1. The minimum Gasteiger partial charge on any atom is -0.230 e. The third-order valence-corrected chi connectivity index (χ3v) is 6.88. The van der Waals surface area contributed by atoms with Gasteiger partial charge in [0, 0.05) is 12.3 Å². The van der Waals surface area contributed by atoms with Crippen LogP contribution >= 0.6 is 23.1 Å². The molecule has 0 spiro atoms. The number of nitrogens with zero attached hydrogens (tertiary/aromatic N) is 1. The van der Waals surface area contributed by atoms with E-state index in [2.05, 4.69) is 9.71 Å². The number of aryl methyl sites for hydroxylation is 1. The highest BCUT2D eigenvalue weighted by Crippen LogP contribution is 2.28. The largest absolute Gasteiger partial charge is 0.240 e. The van der Waals surface area contributed by atoms with Crippen molar-refractivity contribution >= 4 is 43.3 Å². The van der Waals surface area contributed by atoms with E-state index in [1.54, 1.807) is 47.4 Å². The Morgan fingerprint density at radius 1 is 1.13 bits per heavy atom. The molecule has 2 aromatic carbocycles. The molecule has 0 radical (unpaired) electrons. The van der Waals surface area contributed by atoms with Crippen LogP contribution in [0.15, 0.2) is 57.8 Å². The number of thiazole rings is 1. The summed E-state index contributed by atoms with van der Waals surface area (Å²) in [4.78, 5) is 4.82. The van der Waals surface area contributed by atoms with Crippen LogP contribution in [0.2, 0.25) is 0 Å². The summed E-state index contributed by atoms with van der Waals surface area (Å²) in [6.45, 7) is 2.30. The van der Waals surface area contributed by atoms with Crippen LogP contribution in [0.3, 0.4) is 0 Å². The van der Waals surface area contributed by atoms with Gasteiger partial charge in [-0.3, -0.25) is 0 Å². The van der Waals surface area contributed by atoms with Gasteiger partial charge in [0.2, 0.25) is 10.0 Å². The van der Waals surface area contributed by atoms with Gasteiger partial charge in [-0.25, -0.2) is 18.1 Å². The van der Waals surface area contributed by atoms with Crippen molar-refractivity contribution in [3.8, 4) is 0 Å². The van der Waals surface area contributed by atoms with E-state index in [1.807, 2.05) is 31.2 Å². The summed E-state index contributed by atoms with van der Waals surface area (Å²) in [6, 6.07) is 14.8. The van der Waals surface area contributed by atoms with Crippen molar-refractivity contribution in [1.82, 2.24) is 9.71 Å². The van der Waals surface area contributed by atoms with Crippen molar-refractivity contribution in [2.45, 2.75) is 16.2 Å². The number of sulfonamides is 1. The molecule has 0 bridgehead atoms. The molecule has 0 amide bonds. The highest BCUT2D eigenvalue weighted by atomic mass is 32.2. The molecule has 0 aliphatic carbocycles. The molecule has 120 valence electrons. The predicted molar refractivity (Wildman–Crippen MR) is 96.7 cm³/mol. The number of hydrogen-bond donors (Lipinski definition) is 1. The summed E-state index contributed by atoms with van der Waals surface area (Å²) in [5, 5.41) is 0. The molecule has 0 aliphatic heterocycles. The van der Waals surface area contributed by atoms with Crippen molar-refractivity contribution < 1.29 is 8.42 Å². The predicted octanol–water partition coefficient (Wildman–Crippen LogP) is 3.68. The summed E-state index contributed by atoms with van der Waals surface area (Å²) in [6.07, 6.45) is 0. The minimum atomic E-state index is -3.44. The van der Waals surface area contributed by atoms with Gasteiger partial charge in [-0.15, -0.1) is 11.3 Å². The van der Waals surface area contributed by atoms with E-state index in [9.17, 15) is 8.42 Å². The van der Waals surface area contributed by atoms with Crippen LogP contribution in [0.4, 0.5) is 0 Å². The van der Waals surface area contributed by atoms with Crippen molar-refractivity contribution in [1.29, 1.82) is 0 Å². The van der Waals surface area contributed by atoms with Crippen LogP contribution in [0.25, 0.3) is 10.2 Å². The molecule has 7 heteroatoms. The molecule has 0 fully saturated rings. The Bertz CT molecular complexity index is 869. The van der Waals surface area contributed by atoms with Gasteiger partial charge in [0.1, 0.15) is 0 Å².